The van der Waals surface area contributed by atoms with Crippen LogP contribution in [-0.4, -0.2) is 28.6 Å². The second kappa shape index (κ2) is 8.91. The van der Waals surface area contributed by atoms with Gasteiger partial charge < -0.3 is 4.74 Å². The summed E-state index contributed by atoms with van der Waals surface area (Å²) in [5.74, 6) is 1.07. The first-order valence-corrected chi connectivity index (χ1v) is 11.7. The molecule has 4 nitrogen and oxygen atoms in total. The van der Waals surface area contributed by atoms with Crippen LogP contribution in [0.25, 0.3) is 0 Å². The van der Waals surface area contributed by atoms with Crippen LogP contribution in [0.15, 0.2) is 71.1 Å². The molecule has 2 aliphatic rings. The first-order valence-electron chi connectivity index (χ1n) is 10.9. The normalized spacial score (nSPS) is 20.9. The van der Waals surface area contributed by atoms with Crippen LogP contribution in [0.2, 0.25) is 0 Å². The fourth-order valence-corrected chi connectivity index (χ4v) is 5.71. The van der Waals surface area contributed by atoms with E-state index in [1.807, 2.05) is 47.4 Å². The molecule has 4 rings (SSSR count). The van der Waals surface area contributed by atoms with E-state index < -0.39 is 5.54 Å². The average Bonchev–Trinajstić information content (AvgIpc) is 3.35. The minimum atomic E-state index is -0.509. The zero-order chi connectivity index (χ0) is 22.0. The van der Waals surface area contributed by atoms with Crippen LogP contribution in [0, 0.1) is 5.92 Å². The van der Waals surface area contributed by atoms with Crippen LogP contribution in [0.4, 0.5) is 5.69 Å². The summed E-state index contributed by atoms with van der Waals surface area (Å²) in [5.41, 5.74) is 1.35. The van der Waals surface area contributed by atoms with E-state index in [0.29, 0.717) is 11.1 Å². The standard InChI is InChI=1S/C26H30N2O2S/c1-18-26(2,3)28(25(31-18)27-21-15-10-16-22(17-21)30-4)24(29)23(20-13-8-9-14-20)19-11-6-5-7-12-19/h5-7,10-12,15-17,20,23H,1,8-9,13-14H2,2-4H3/t23-/m1/s1. The third kappa shape index (κ3) is 4.29. The van der Waals surface area contributed by atoms with E-state index >= 15 is 0 Å². The van der Waals surface area contributed by atoms with E-state index in [4.69, 9.17) is 9.73 Å². The molecule has 0 N–H and O–H groups in total. The van der Waals surface area contributed by atoms with Gasteiger partial charge in [0.25, 0.3) is 0 Å². The lowest BCUT2D eigenvalue weighted by Gasteiger charge is -2.35. The molecule has 0 bridgehead atoms. The summed E-state index contributed by atoms with van der Waals surface area (Å²) in [6.07, 6.45) is 4.57. The van der Waals surface area contributed by atoms with Crippen molar-refractivity contribution in [2.24, 2.45) is 10.9 Å². The lowest BCUT2D eigenvalue weighted by Crippen LogP contribution is -2.48. The van der Waals surface area contributed by atoms with Gasteiger partial charge in [0.1, 0.15) is 5.75 Å². The van der Waals surface area contributed by atoms with Crippen LogP contribution in [0.5, 0.6) is 5.75 Å². The predicted octanol–water partition coefficient (Wildman–Crippen LogP) is 6.52. The maximum absolute atomic E-state index is 14.2. The average molecular weight is 435 g/mol. The Balaban J connectivity index is 1.76. The number of nitrogens with zero attached hydrogens (tertiary/aromatic N) is 2. The fourth-order valence-electron chi connectivity index (χ4n) is 4.58. The van der Waals surface area contributed by atoms with Crippen LogP contribution < -0.4 is 4.74 Å². The number of carbonyl (C=O) groups is 1. The molecule has 0 unspecified atom stereocenters. The Kier molecular flexibility index (Phi) is 6.24. The minimum Gasteiger partial charge on any atom is -0.497 e. The summed E-state index contributed by atoms with van der Waals surface area (Å²) < 4.78 is 5.35. The number of ether oxygens (including phenoxy) is 1. The Bertz CT molecular complexity index is 993. The summed E-state index contributed by atoms with van der Waals surface area (Å²) in [7, 11) is 1.64. The number of thioether (sulfide) groups is 1. The van der Waals surface area contributed by atoms with Crippen molar-refractivity contribution in [3.05, 3.63) is 71.6 Å². The van der Waals surface area contributed by atoms with Gasteiger partial charge in [0.15, 0.2) is 5.17 Å². The second-order valence-electron chi connectivity index (χ2n) is 8.79. The van der Waals surface area contributed by atoms with Crippen molar-refractivity contribution in [2.75, 3.05) is 7.11 Å². The lowest BCUT2D eigenvalue weighted by molar-refractivity contribution is -0.132. The van der Waals surface area contributed by atoms with Crippen molar-refractivity contribution in [1.29, 1.82) is 0 Å². The highest BCUT2D eigenvalue weighted by atomic mass is 32.2. The summed E-state index contributed by atoms with van der Waals surface area (Å²) >= 11 is 1.49. The Morgan fingerprint density at radius 1 is 1.16 bits per heavy atom. The van der Waals surface area contributed by atoms with Crippen LogP contribution >= 0.6 is 11.8 Å². The van der Waals surface area contributed by atoms with Gasteiger partial charge in [-0.2, -0.15) is 0 Å². The highest BCUT2D eigenvalue weighted by Gasteiger charge is 2.48. The van der Waals surface area contributed by atoms with Crippen molar-refractivity contribution in [1.82, 2.24) is 4.90 Å². The number of amides is 1. The molecule has 2 aromatic rings. The molecule has 0 radical (unpaired) electrons. The number of hydrogen-bond acceptors (Lipinski definition) is 4. The molecule has 162 valence electrons. The molecule has 5 heteroatoms. The van der Waals surface area contributed by atoms with Gasteiger partial charge in [-0.25, -0.2) is 4.99 Å². The second-order valence-corrected chi connectivity index (χ2v) is 9.85. The van der Waals surface area contributed by atoms with Gasteiger partial charge in [-0.3, -0.25) is 9.69 Å². The molecule has 1 saturated heterocycles. The summed E-state index contributed by atoms with van der Waals surface area (Å²) in [6.45, 7) is 8.38. The molecular formula is C26H30N2O2S. The summed E-state index contributed by atoms with van der Waals surface area (Å²) in [5, 5.41) is 0.687. The van der Waals surface area contributed by atoms with E-state index in [0.717, 1.165) is 34.7 Å². The molecule has 2 fully saturated rings. The van der Waals surface area contributed by atoms with Gasteiger partial charge in [0.05, 0.1) is 24.3 Å². The smallest absolute Gasteiger partial charge is 0.237 e. The maximum atomic E-state index is 14.2. The molecule has 0 aromatic heterocycles. The molecule has 1 heterocycles. The third-order valence-corrected chi connectivity index (χ3v) is 7.64. The Morgan fingerprint density at radius 3 is 2.55 bits per heavy atom. The van der Waals surface area contributed by atoms with Crippen molar-refractivity contribution in [3.8, 4) is 5.75 Å². The van der Waals surface area contributed by atoms with Crippen LogP contribution in [0.1, 0.15) is 51.0 Å². The van der Waals surface area contributed by atoms with Crippen molar-refractivity contribution < 1.29 is 9.53 Å². The number of methoxy groups -OCH3 is 1. The van der Waals surface area contributed by atoms with E-state index in [1.165, 1.54) is 24.6 Å². The molecule has 1 aliphatic heterocycles. The SMILES string of the molecule is C=C1SC(=Nc2cccc(OC)c2)N(C(=O)[C@H](c2ccccc2)C2CCCC2)C1(C)C. The van der Waals surface area contributed by atoms with Gasteiger partial charge in [-0.05, 0) is 50.3 Å². The van der Waals surface area contributed by atoms with Crippen LogP contribution in [0.3, 0.4) is 0 Å². The lowest BCUT2D eigenvalue weighted by atomic mass is 9.83. The zero-order valence-corrected chi connectivity index (χ0v) is 19.3. The fraction of sp³-hybridized carbons (Fsp3) is 0.385. The molecule has 31 heavy (non-hydrogen) atoms. The number of carbonyl (C=O) groups excluding carboxylic acids is 1. The minimum absolute atomic E-state index is 0.121. The van der Waals surface area contributed by atoms with Crippen LogP contribution in [-0.2, 0) is 4.79 Å². The zero-order valence-electron chi connectivity index (χ0n) is 18.5. The van der Waals surface area contributed by atoms with Gasteiger partial charge >= 0.3 is 0 Å². The first kappa shape index (κ1) is 21.7. The maximum Gasteiger partial charge on any atom is 0.237 e. The number of benzene rings is 2. The molecule has 1 saturated carbocycles. The van der Waals surface area contributed by atoms with E-state index in [1.54, 1.807) is 7.11 Å². The van der Waals surface area contributed by atoms with E-state index in [2.05, 4.69) is 32.6 Å². The number of aliphatic imine (C=N–C) groups is 1. The highest BCUT2D eigenvalue weighted by molar-refractivity contribution is 8.17. The van der Waals surface area contributed by atoms with E-state index in [-0.39, 0.29) is 11.8 Å². The monoisotopic (exact) mass is 434 g/mol. The number of hydrogen-bond donors (Lipinski definition) is 0. The molecule has 1 amide bonds. The highest BCUT2D eigenvalue weighted by Crippen LogP contribution is 2.47. The molecule has 1 atom stereocenters. The van der Waals surface area contributed by atoms with Gasteiger partial charge in [0, 0.05) is 11.0 Å². The molecule has 2 aromatic carbocycles. The summed E-state index contributed by atoms with van der Waals surface area (Å²) in [4.78, 5) is 21.9. The first-order chi connectivity index (χ1) is 14.9. The molecule has 0 spiro atoms. The number of amidine groups is 1. The third-order valence-electron chi connectivity index (χ3n) is 6.44. The van der Waals surface area contributed by atoms with Crippen molar-refractivity contribution >= 4 is 28.5 Å². The van der Waals surface area contributed by atoms with Gasteiger partial charge in [0.2, 0.25) is 5.91 Å². The Morgan fingerprint density at radius 2 is 1.87 bits per heavy atom. The Labute approximate surface area is 189 Å². The van der Waals surface area contributed by atoms with Crippen molar-refractivity contribution in [3.63, 3.8) is 0 Å². The topological polar surface area (TPSA) is 41.9 Å². The quantitative estimate of drug-likeness (QED) is 0.538. The van der Waals surface area contributed by atoms with Gasteiger partial charge in [-0.1, -0.05) is 67.6 Å². The summed E-state index contributed by atoms with van der Waals surface area (Å²) in [6, 6.07) is 17.9. The molecular weight excluding hydrogens is 404 g/mol. The Hall–Kier alpha value is -2.53. The van der Waals surface area contributed by atoms with Crippen molar-refractivity contribution in [2.45, 2.75) is 51.0 Å². The predicted molar refractivity (Wildman–Crippen MR) is 129 cm³/mol. The van der Waals surface area contributed by atoms with Gasteiger partial charge in [-0.15, -0.1) is 0 Å². The largest absolute Gasteiger partial charge is 0.497 e. The number of rotatable bonds is 5. The van der Waals surface area contributed by atoms with E-state index in [9.17, 15) is 4.79 Å². The molecule has 1 aliphatic carbocycles.